The number of aromatic amines is 1. The summed E-state index contributed by atoms with van der Waals surface area (Å²) in [7, 11) is 2.85. The van der Waals surface area contributed by atoms with Gasteiger partial charge in [0.1, 0.15) is 5.54 Å². The van der Waals surface area contributed by atoms with E-state index in [0.717, 1.165) is 4.57 Å². The first-order valence-electron chi connectivity index (χ1n) is 9.73. The Morgan fingerprint density at radius 2 is 1.76 bits per heavy atom. The molecule has 2 aliphatic rings. The van der Waals surface area contributed by atoms with Crippen LogP contribution in [0.4, 0.5) is 4.79 Å². The standard InChI is InChI=1S/C19H27N5O5/c1-12(2)11-24-18(29)22(4)16(27)19(24)5-7-23(8-6-19)14(25)9-13-10-20-17(28)21(3)15(13)26/h10,12H,5-9,11H2,1-4H3,(H,20,28). The molecule has 2 aliphatic heterocycles. The SMILES string of the molecule is CC(C)CN1C(=O)N(C)C(=O)C12CCN(C(=O)Cc1c[nH]c(=O)n(C)c1=O)CC2. The molecule has 0 atom stereocenters. The van der Waals surface area contributed by atoms with Crippen LogP contribution in [0.3, 0.4) is 0 Å². The van der Waals surface area contributed by atoms with Gasteiger partial charge in [-0.15, -0.1) is 0 Å². The van der Waals surface area contributed by atoms with Crippen LogP contribution in [0, 0.1) is 5.92 Å². The molecular formula is C19H27N5O5. The molecule has 2 saturated heterocycles. The van der Waals surface area contributed by atoms with Gasteiger partial charge in [0.15, 0.2) is 0 Å². The molecule has 0 unspecified atom stereocenters. The Kier molecular flexibility index (Phi) is 5.38. The number of nitrogens with zero attached hydrogens (tertiary/aromatic N) is 4. The largest absolute Gasteiger partial charge is 0.342 e. The highest BCUT2D eigenvalue weighted by Gasteiger charge is 2.57. The van der Waals surface area contributed by atoms with Crippen molar-refractivity contribution in [1.29, 1.82) is 0 Å². The van der Waals surface area contributed by atoms with Gasteiger partial charge in [-0.2, -0.15) is 0 Å². The summed E-state index contributed by atoms with van der Waals surface area (Å²) in [5.74, 6) is -0.250. The maximum Gasteiger partial charge on any atom is 0.328 e. The van der Waals surface area contributed by atoms with Gasteiger partial charge in [-0.25, -0.2) is 9.59 Å². The van der Waals surface area contributed by atoms with E-state index in [1.165, 1.54) is 25.2 Å². The van der Waals surface area contributed by atoms with E-state index in [0.29, 0.717) is 32.5 Å². The molecule has 0 saturated carbocycles. The van der Waals surface area contributed by atoms with Crippen molar-refractivity contribution in [3.05, 3.63) is 32.6 Å². The van der Waals surface area contributed by atoms with Crippen LogP contribution in [0.1, 0.15) is 32.3 Å². The third kappa shape index (κ3) is 3.47. The molecule has 0 aromatic carbocycles. The summed E-state index contributed by atoms with van der Waals surface area (Å²) in [4.78, 5) is 68.6. The summed E-state index contributed by atoms with van der Waals surface area (Å²) >= 11 is 0. The van der Waals surface area contributed by atoms with Crippen LogP contribution in [-0.2, 0) is 23.1 Å². The summed E-state index contributed by atoms with van der Waals surface area (Å²) < 4.78 is 0.927. The van der Waals surface area contributed by atoms with Crippen LogP contribution in [0.5, 0.6) is 0 Å². The lowest BCUT2D eigenvalue weighted by molar-refractivity contribution is -0.140. The number of hydrogen-bond donors (Lipinski definition) is 1. The number of aromatic nitrogens is 2. The number of nitrogens with one attached hydrogen (secondary N) is 1. The number of carbonyl (C=O) groups excluding carboxylic acids is 3. The van der Waals surface area contributed by atoms with Crippen LogP contribution < -0.4 is 11.2 Å². The molecule has 158 valence electrons. The Morgan fingerprint density at radius 1 is 1.14 bits per heavy atom. The first kappa shape index (κ1) is 20.8. The second kappa shape index (κ2) is 7.49. The van der Waals surface area contributed by atoms with Crippen molar-refractivity contribution in [2.45, 2.75) is 38.6 Å². The minimum atomic E-state index is -0.902. The van der Waals surface area contributed by atoms with Crippen LogP contribution in [0.2, 0.25) is 0 Å². The minimum absolute atomic E-state index is 0.126. The van der Waals surface area contributed by atoms with E-state index < -0.39 is 16.8 Å². The zero-order valence-corrected chi connectivity index (χ0v) is 17.2. The Labute approximate surface area is 168 Å². The Morgan fingerprint density at radius 3 is 2.34 bits per heavy atom. The van der Waals surface area contributed by atoms with Crippen molar-refractivity contribution < 1.29 is 14.4 Å². The van der Waals surface area contributed by atoms with E-state index in [1.54, 1.807) is 9.80 Å². The molecule has 1 N–H and O–H groups in total. The predicted octanol–water partition coefficient (Wildman–Crippen LogP) is -0.473. The molecule has 3 rings (SSSR count). The lowest BCUT2D eigenvalue weighted by Crippen LogP contribution is -2.58. The van der Waals surface area contributed by atoms with Gasteiger partial charge in [-0.05, 0) is 18.8 Å². The molecular weight excluding hydrogens is 378 g/mol. The zero-order chi connectivity index (χ0) is 21.5. The number of carbonyl (C=O) groups is 3. The fourth-order valence-electron chi connectivity index (χ4n) is 4.12. The molecule has 10 heteroatoms. The minimum Gasteiger partial charge on any atom is -0.342 e. The summed E-state index contributed by atoms with van der Waals surface area (Å²) in [5.41, 5.74) is -1.73. The lowest BCUT2D eigenvalue weighted by atomic mass is 9.85. The van der Waals surface area contributed by atoms with Crippen molar-refractivity contribution in [2.75, 3.05) is 26.7 Å². The van der Waals surface area contributed by atoms with Crippen molar-refractivity contribution in [1.82, 2.24) is 24.3 Å². The zero-order valence-electron chi connectivity index (χ0n) is 17.2. The van der Waals surface area contributed by atoms with E-state index in [4.69, 9.17) is 0 Å². The number of rotatable bonds is 4. The quantitative estimate of drug-likeness (QED) is 0.680. The smallest absolute Gasteiger partial charge is 0.328 e. The maximum absolute atomic E-state index is 12.8. The average Bonchev–Trinajstić information content (AvgIpc) is 2.85. The highest BCUT2D eigenvalue weighted by Crippen LogP contribution is 2.37. The van der Waals surface area contributed by atoms with Gasteiger partial charge in [-0.3, -0.25) is 23.9 Å². The van der Waals surface area contributed by atoms with E-state index in [2.05, 4.69) is 4.98 Å². The normalized spacial score (nSPS) is 19.0. The highest BCUT2D eigenvalue weighted by atomic mass is 16.2. The van der Waals surface area contributed by atoms with Crippen molar-refractivity contribution in [3.8, 4) is 0 Å². The molecule has 2 fully saturated rings. The Bertz CT molecular complexity index is 954. The van der Waals surface area contributed by atoms with E-state index in [9.17, 15) is 24.0 Å². The molecule has 3 heterocycles. The number of hydrogen-bond acceptors (Lipinski definition) is 5. The van der Waals surface area contributed by atoms with Gasteiger partial charge in [-0.1, -0.05) is 13.8 Å². The van der Waals surface area contributed by atoms with Gasteiger partial charge in [0.05, 0.1) is 6.42 Å². The molecule has 1 aromatic heterocycles. The topological polar surface area (TPSA) is 116 Å². The number of amides is 4. The summed E-state index contributed by atoms with van der Waals surface area (Å²) in [5, 5.41) is 0. The fourth-order valence-corrected chi connectivity index (χ4v) is 4.12. The lowest BCUT2D eigenvalue weighted by Gasteiger charge is -2.42. The molecule has 1 aromatic rings. The third-order valence-corrected chi connectivity index (χ3v) is 5.82. The van der Waals surface area contributed by atoms with Crippen molar-refractivity contribution >= 4 is 17.8 Å². The first-order valence-corrected chi connectivity index (χ1v) is 9.73. The van der Waals surface area contributed by atoms with Gasteiger partial charge in [0, 0.05) is 45.5 Å². The average molecular weight is 405 g/mol. The third-order valence-electron chi connectivity index (χ3n) is 5.82. The predicted molar refractivity (Wildman–Crippen MR) is 104 cm³/mol. The molecule has 4 amide bonds. The van der Waals surface area contributed by atoms with Crippen LogP contribution >= 0.6 is 0 Å². The second-order valence-electron chi connectivity index (χ2n) is 8.22. The van der Waals surface area contributed by atoms with Crippen LogP contribution in [0.15, 0.2) is 15.8 Å². The van der Waals surface area contributed by atoms with Crippen LogP contribution in [-0.4, -0.2) is 74.3 Å². The molecule has 1 spiro atoms. The van der Waals surface area contributed by atoms with E-state index in [-0.39, 0.29) is 35.7 Å². The molecule has 0 aliphatic carbocycles. The van der Waals surface area contributed by atoms with E-state index in [1.807, 2.05) is 13.8 Å². The molecule has 29 heavy (non-hydrogen) atoms. The van der Waals surface area contributed by atoms with Gasteiger partial charge in [0.2, 0.25) is 5.91 Å². The molecule has 0 radical (unpaired) electrons. The molecule has 10 nitrogen and oxygen atoms in total. The van der Waals surface area contributed by atoms with Gasteiger partial charge in [0.25, 0.3) is 11.5 Å². The summed E-state index contributed by atoms with van der Waals surface area (Å²) in [6.07, 6.45) is 1.87. The van der Waals surface area contributed by atoms with Crippen molar-refractivity contribution in [2.24, 2.45) is 13.0 Å². The summed E-state index contributed by atoms with van der Waals surface area (Å²) in [6, 6.07) is -0.291. The van der Waals surface area contributed by atoms with Crippen LogP contribution in [0.25, 0.3) is 0 Å². The van der Waals surface area contributed by atoms with Gasteiger partial charge >= 0.3 is 11.7 Å². The number of likely N-dealkylation sites (tertiary alicyclic amines) is 1. The highest BCUT2D eigenvalue weighted by molar-refractivity contribution is 6.07. The first-order chi connectivity index (χ1) is 13.6. The van der Waals surface area contributed by atoms with Gasteiger partial charge < -0.3 is 14.8 Å². The van der Waals surface area contributed by atoms with Crippen molar-refractivity contribution in [3.63, 3.8) is 0 Å². The Hall–Kier alpha value is -2.91. The monoisotopic (exact) mass is 405 g/mol. The Balaban J connectivity index is 1.74. The number of H-pyrrole nitrogens is 1. The van der Waals surface area contributed by atoms with E-state index >= 15 is 0 Å². The number of piperidine rings is 1. The second-order valence-corrected chi connectivity index (χ2v) is 8.22. The summed E-state index contributed by atoms with van der Waals surface area (Å²) in [6.45, 7) is 5.12. The fraction of sp³-hybridized carbons (Fsp3) is 0.632. The number of urea groups is 1. The molecule has 0 bridgehead atoms. The maximum atomic E-state index is 12.8. The number of imide groups is 1. The number of likely N-dealkylation sites (N-methyl/N-ethyl adjacent to an activating group) is 1.